The summed E-state index contributed by atoms with van der Waals surface area (Å²) in [7, 11) is 0. The molecule has 1 aliphatic carbocycles. The van der Waals surface area contributed by atoms with E-state index in [1.165, 1.54) is 12.1 Å². The first-order valence-corrected chi connectivity index (χ1v) is 11.3. The van der Waals surface area contributed by atoms with Crippen molar-refractivity contribution >= 4 is 11.6 Å². The highest BCUT2D eigenvalue weighted by molar-refractivity contribution is 5.83. The number of carbonyl (C=O) groups excluding carboxylic acids is 1. The van der Waals surface area contributed by atoms with Crippen LogP contribution in [-0.2, 0) is 4.79 Å². The second kappa shape index (κ2) is 9.07. The SMILES string of the molecule is O=C(C1CC1c1ccc(F)cc1)N1CCC(C(Nc2ccccc2)c2ncccn2)CC1. The minimum Gasteiger partial charge on any atom is -0.375 e. The predicted octanol–water partition coefficient (Wildman–Crippen LogP) is 4.81. The molecule has 1 N–H and O–H groups in total. The average Bonchev–Trinajstić information content (AvgIpc) is 3.65. The number of likely N-dealkylation sites (tertiary alicyclic amines) is 1. The number of halogens is 1. The molecule has 0 spiro atoms. The van der Waals surface area contributed by atoms with Crippen molar-refractivity contribution in [3.63, 3.8) is 0 Å². The summed E-state index contributed by atoms with van der Waals surface area (Å²) in [5, 5.41) is 3.62. The van der Waals surface area contributed by atoms with Crippen LogP contribution >= 0.6 is 0 Å². The second-order valence-corrected chi connectivity index (χ2v) is 8.76. The minimum atomic E-state index is -0.236. The summed E-state index contributed by atoms with van der Waals surface area (Å²) in [4.78, 5) is 24.1. The van der Waals surface area contributed by atoms with E-state index >= 15 is 0 Å². The van der Waals surface area contributed by atoms with E-state index in [1.54, 1.807) is 24.5 Å². The van der Waals surface area contributed by atoms with Crippen molar-refractivity contribution in [2.24, 2.45) is 11.8 Å². The number of anilines is 1. The van der Waals surface area contributed by atoms with Crippen molar-refractivity contribution in [1.29, 1.82) is 0 Å². The van der Waals surface area contributed by atoms with Gasteiger partial charge in [-0.1, -0.05) is 30.3 Å². The fraction of sp³-hybridized carbons (Fsp3) is 0.346. The number of aromatic nitrogens is 2. The number of carbonyl (C=O) groups is 1. The molecule has 1 saturated heterocycles. The van der Waals surface area contributed by atoms with Gasteiger partial charge in [0.2, 0.25) is 5.91 Å². The quantitative estimate of drug-likeness (QED) is 0.610. The Balaban J connectivity index is 1.22. The molecule has 6 heteroatoms. The molecule has 1 aliphatic heterocycles. The molecule has 3 aromatic rings. The molecule has 3 atom stereocenters. The largest absolute Gasteiger partial charge is 0.375 e. The highest BCUT2D eigenvalue weighted by Crippen LogP contribution is 2.49. The van der Waals surface area contributed by atoms with Gasteiger partial charge in [0, 0.05) is 37.1 Å². The zero-order chi connectivity index (χ0) is 21.9. The van der Waals surface area contributed by atoms with Crippen LogP contribution in [0, 0.1) is 17.7 Å². The van der Waals surface area contributed by atoms with E-state index in [9.17, 15) is 9.18 Å². The van der Waals surface area contributed by atoms with Gasteiger partial charge < -0.3 is 10.2 Å². The molecule has 5 nitrogen and oxygen atoms in total. The number of rotatable bonds is 6. The molecule has 1 aromatic heterocycles. The third-order valence-corrected chi connectivity index (χ3v) is 6.69. The van der Waals surface area contributed by atoms with Crippen LogP contribution in [0.2, 0.25) is 0 Å². The van der Waals surface area contributed by atoms with Crippen molar-refractivity contribution in [3.05, 3.63) is 90.3 Å². The van der Waals surface area contributed by atoms with Crippen molar-refractivity contribution in [2.75, 3.05) is 18.4 Å². The maximum atomic E-state index is 13.2. The van der Waals surface area contributed by atoms with Crippen molar-refractivity contribution in [2.45, 2.75) is 31.2 Å². The number of nitrogens with one attached hydrogen (secondary N) is 1. The average molecular weight is 431 g/mol. The lowest BCUT2D eigenvalue weighted by atomic mass is 9.88. The van der Waals surface area contributed by atoms with Gasteiger partial charge in [0.25, 0.3) is 0 Å². The van der Waals surface area contributed by atoms with E-state index in [0.717, 1.165) is 49.4 Å². The van der Waals surface area contributed by atoms with Crippen LogP contribution in [0.15, 0.2) is 73.1 Å². The number of amides is 1. The van der Waals surface area contributed by atoms with Crippen LogP contribution in [-0.4, -0.2) is 33.9 Å². The molecular weight excluding hydrogens is 403 g/mol. The third kappa shape index (κ3) is 4.49. The van der Waals surface area contributed by atoms with E-state index in [1.807, 2.05) is 29.2 Å². The van der Waals surface area contributed by atoms with Crippen LogP contribution in [0.4, 0.5) is 10.1 Å². The smallest absolute Gasteiger partial charge is 0.226 e. The summed E-state index contributed by atoms with van der Waals surface area (Å²) in [5.41, 5.74) is 2.11. The lowest BCUT2D eigenvalue weighted by Gasteiger charge is -2.36. The van der Waals surface area contributed by atoms with Crippen LogP contribution < -0.4 is 5.32 Å². The van der Waals surface area contributed by atoms with E-state index in [4.69, 9.17) is 0 Å². The first kappa shape index (κ1) is 20.6. The summed E-state index contributed by atoms with van der Waals surface area (Å²) >= 11 is 0. The summed E-state index contributed by atoms with van der Waals surface area (Å²) in [6.07, 6.45) is 6.23. The standard InChI is InChI=1S/C26H27FN4O/c27-20-9-7-18(8-10-20)22-17-23(22)26(32)31-15-11-19(12-16-31)24(25-28-13-4-14-29-25)30-21-5-2-1-3-6-21/h1-10,13-14,19,22-24,30H,11-12,15-17H2. The van der Waals surface area contributed by atoms with Crippen LogP contribution in [0.25, 0.3) is 0 Å². The number of nitrogens with zero attached hydrogens (tertiary/aromatic N) is 3. The van der Waals surface area contributed by atoms with Crippen molar-refractivity contribution in [3.8, 4) is 0 Å². The van der Waals surface area contributed by atoms with Crippen molar-refractivity contribution < 1.29 is 9.18 Å². The molecular formula is C26H27FN4O. The second-order valence-electron chi connectivity index (χ2n) is 8.76. The van der Waals surface area contributed by atoms with Gasteiger partial charge in [-0.05, 0) is 67.0 Å². The Labute approximate surface area is 187 Å². The molecule has 2 aromatic carbocycles. The van der Waals surface area contributed by atoms with Crippen LogP contribution in [0.5, 0.6) is 0 Å². The third-order valence-electron chi connectivity index (χ3n) is 6.69. The van der Waals surface area contributed by atoms with Gasteiger partial charge in [-0.25, -0.2) is 14.4 Å². The highest BCUT2D eigenvalue weighted by atomic mass is 19.1. The topological polar surface area (TPSA) is 58.1 Å². The Hall–Kier alpha value is -3.28. The van der Waals surface area contributed by atoms with Gasteiger partial charge in [0.05, 0.1) is 6.04 Å². The van der Waals surface area contributed by atoms with E-state index in [2.05, 4.69) is 27.4 Å². The zero-order valence-electron chi connectivity index (χ0n) is 17.9. The molecule has 164 valence electrons. The molecule has 0 radical (unpaired) electrons. The van der Waals surface area contributed by atoms with Gasteiger partial charge in [-0.3, -0.25) is 4.79 Å². The van der Waals surface area contributed by atoms with Crippen LogP contribution in [0.1, 0.15) is 42.6 Å². The maximum absolute atomic E-state index is 13.2. The summed E-state index contributed by atoms with van der Waals surface area (Å²) in [6, 6.07) is 18.5. The minimum absolute atomic E-state index is 0.00346. The Morgan fingerprint density at radius 2 is 1.66 bits per heavy atom. The number of benzene rings is 2. The Morgan fingerprint density at radius 1 is 0.969 bits per heavy atom. The zero-order valence-corrected chi connectivity index (χ0v) is 17.9. The highest BCUT2D eigenvalue weighted by Gasteiger charge is 2.46. The molecule has 5 rings (SSSR count). The Morgan fingerprint density at radius 3 is 2.34 bits per heavy atom. The number of piperidine rings is 1. The monoisotopic (exact) mass is 430 g/mol. The lowest BCUT2D eigenvalue weighted by Crippen LogP contribution is -2.41. The van der Waals surface area contributed by atoms with Gasteiger partial charge in [0.15, 0.2) is 5.82 Å². The summed E-state index contributed by atoms with van der Waals surface area (Å²) < 4.78 is 13.2. The molecule has 2 aliphatic rings. The van der Waals surface area contributed by atoms with Gasteiger partial charge in [-0.15, -0.1) is 0 Å². The van der Waals surface area contributed by atoms with Crippen LogP contribution in [0.3, 0.4) is 0 Å². The lowest BCUT2D eigenvalue weighted by molar-refractivity contribution is -0.134. The summed E-state index contributed by atoms with van der Waals surface area (Å²) in [5.74, 6) is 1.40. The van der Waals surface area contributed by atoms with Gasteiger partial charge in [0.1, 0.15) is 5.82 Å². The molecule has 2 fully saturated rings. The number of hydrogen-bond acceptors (Lipinski definition) is 4. The predicted molar refractivity (Wildman–Crippen MR) is 121 cm³/mol. The molecule has 2 heterocycles. The van der Waals surface area contributed by atoms with E-state index < -0.39 is 0 Å². The number of hydrogen-bond donors (Lipinski definition) is 1. The first-order valence-electron chi connectivity index (χ1n) is 11.3. The normalized spacial score (nSPS) is 21.7. The Bertz CT molecular complexity index is 1040. The van der Waals surface area contributed by atoms with Gasteiger partial charge in [-0.2, -0.15) is 0 Å². The van der Waals surface area contributed by atoms with Crippen molar-refractivity contribution in [1.82, 2.24) is 14.9 Å². The van der Waals surface area contributed by atoms with E-state index in [0.29, 0.717) is 5.92 Å². The Kier molecular flexibility index (Phi) is 5.84. The maximum Gasteiger partial charge on any atom is 0.226 e. The fourth-order valence-corrected chi connectivity index (χ4v) is 4.81. The van der Waals surface area contributed by atoms with Gasteiger partial charge >= 0.3 is 0 Å². The van der Waals surface area contributed by atoms with E-state index in [-0.39, 0.29) is 29.6 Å². The molecule has 3 unspecified atom stereocenters. The molecule has 32 heavy (non-hydrogen) atoms. The molecule has 1 amide bonds. The first-order chi connectivity index (χ1) is 15.7. The summed E-state index contributed by atoms with van der Waals surface area (Å²) in [6.45, 7) is 1.49. The number of para-hydroxylation sites is 1. The molecule has 0 bridgehead atoms. The molecule has 1 saturated carbocycles. The fourth-order valence-electron chi connectivity index (χ4n) is 4.81.